The van der Waals surface area contributed by atoms with Crippen LogP contribution in [0.25, 0.3) is 0 Å². The Morgan fingerprint density at radius 3 is 2.87 bits per heavy atom. The van der Waals surface area contributed by atoms with Gasteiger partial charge in [-0.3, -0.25) is 0 Å². The third-order valence-electron chi connectivity index (χ3n) is 2.05. The topological polar surface area (TPSA) is 32.3 Å². The van der Waals surface area contributed by atoms with Gasteiger partial charge >= 0.3 is 0 Å². The minimum atomic E-state index is -0.241. The molecule has 0 saturated carbocycles. The van der Waals surface area contributed by atoms with Crippen LogP contribution >= 0.6 is 27.5 Å². The molecule has 0 aliphatic heterocycles. The SMILES string of the molecule is CC(O)CCNCc1ccc(Cl)c(Br)c1. The van der Waals surface area contributed by atoms with Crippen LogP contribution in [0, 0.1) is 0 Å². The van der Waals surface area contributed by atoms with Gasteiger partial charge in [0.25, 0.3) is 0 Å². The van der Waals surface area contributed by atoms with Gasteiger partial charge in [0.1, 0.15) is 0 Å². The summed E-state index contributed by atoms with van der Waals surface area (Å²) >= 11 is 9.26. The predicted molar refractivity (Wildman–Crippen MR) is 67.2 cm³/mol. The van der Waals surface area contributed by atoms with E-state index in [1.807, 2.05) is 18.2 Å². The van der Waals surface area contributed by atoms with Crippen LogP contribution in [0.2, 0.25) is 5.02 Å². The van der Waals surface area contributed by atoms with E-state index >= 15 is 0 Å². The third-order valence-corrected chi connectivity index (χ3v) is 3.27. The molecule has 1 unspecified atom stereocenters. The highest BCUT2D eigenvalue weighted by molar-refractivity contribution is 9.10. The lowest BCUT2D eigenvalue weighted by atomic mass is 10.2. The molecule has 2 nitrogen and oxygen atoms in total. The first-order valence-electron chi connectivity index (χ1n) is 4.92. The van der Waals surface area contributed by atoms with E-state index < -0.39 is 0 Å². The molecule has 2 N–H and O–H groups in total. The molecule has 0 aromatic heterocycles. The van der Waals surface area contributed by atoms with Crippen LogP contribution in [0.1, 0.15) is 18.9 Å². The molecule has 0 amide bonds. The summed E-state index contributed by atoms with van der Waals surface area (Å²) in [6.07, 6.45) is 0.531. The minimum Gasteiger partial charge on any atom is -0.393 e. The van der Waals surface area contributed by atoms with Gasteiger partial charge in [0.2, 0.25) is 0 Å². The summed E-state index contributed by atoms with van der Waals surface area (Å²) in [5, 5.41) is 13.0. The molecule has 0 bridgehead atoms. The largest absolute Gasteiger partial charge is 0.393 e. The molecule has 1 aromatic carbocycles. The lowest BCUT2D eigenvalue weighted by molar-refractivity contribution is 0.183. The molecule has 1 aromatic rings. The van der Waals surface area contributed by atoms with E-state index in [4.69, 9.17) is 16.7 Å². The van der Waals surface area contributed by atoms with Crippen molar-refractivity contribution in [1.29, 1.82) is 0 Å². The van der Waals surface area contributed by atoms with Crippen LogP contribution < -0.4 is 5.32 Å². The Kier molecular flexibility index (Phi) is 5.61. The van der Waals surface area contributed by atoms with E-state index in [2.05, 4.69) is 21.2 Å². The molecule has 84 valence electrons. The molecule has 4 heteroatoms. The van der Waals surface area contributed by atoms with Gasteiger partial charge in [0.05, 0.1) is 11.1 Å². The molecule has 0 radical (unpaired) electrons. The van der Waals surface area contributed by atoms with Gasteiger partial charge in [-0.2, -0.15) is 0 Å². The molecule has 1 rings (SSSR count). The van der Waals surface area contributed by atoms with Crippen LogP contribution in [0.5, 0.6) is 0 Å². The summed E-state index contributed by atoms with van der Waals surface area (Å²) in [5.74, 6) is 0. The summed E-state index contributed by atoms with van der Waals surface area (Å²) in [7, 11) is 0. The quantitative estimate of drug-likeness (QED) is 0.818. The highest BCUT2D eigenvalue weighted by Crippen LogP contribution is 2.22. The Morgan fingerprint density at radius 2 is 2.27 bits per heavy atom. The van der Waals surface area contributed by atoms with Crippen LogP contribution in [-0.4, -0.2) is 17.8 Å². The normalized spacial score (nSPS) is 12.8. The number of hydrogen-bond acceptors (Lipinski definition) is 2. The smallest absolute Gasteiger partial charge is 0.0548 e. The van der Waals surface area contributed by atoms with Gasteiger partial charge in [0, 0.05) is 11.0 Å². The summed E-state index contributed by atoms with van der Waals surface area (Å²) in [5.41, 5.74) is 1.18. The van der Waals surface area contributed by atoms with Crippen molar-refractivity contribution in [2.24, 2.45) is 0 Å². The van der Waals surface area contributed by atoms with E-state index in [0.717, 1.165) is 29.0 Å². The molecular weight excluding hydrogens is 277 g/mol. The number of halogens is 2. The van der Waals surface area contributed by atoms with Crippen molar-refractivity contribution >= 4 is 27.5 Å². The van der Waals surface area contributed by atoms with E-state index in [9.17, 15) is 0 Å². The minimum absolute atomic E-state index is 0.241. The Bertz CT molecular complexity index is 317. The lowest BCUT2D eigenvalue weighted by Crippen LogP contribution is -2.18. The number of benzene rings is 1. The van der Waals surface area contributed by atoms with Crippen LogP contribution in [-0.2, 0) is 6.54 Å². The molecule has 0 aliphatic rings. The monoisotopic (exact) mass is 291 g/mol. The fraction of sp³-hybridized carbons (Fsp3) is 0.455. The Morgan fingerprint density at radius 1 is 1.53 bits per heavy atom. The Hall–Kier alpha value is -0.0900. The molecular formula is C11H15BrClNO. The van der Waals surface area contributed by atoms with Crippen molar-refractivity contribution in [2.75, 3.05) is 6.54 Å². The van der Waals surface area contributed by atoms with Gasteiger partial charge in [-0.1, -0.05) is 17.7 Å². The molecule has 0 heterocycles. The number of hydrogen-bond donors (Lipinski definition) is 2. The molecule has 1 atom stereocenters. The van der Waals surface area contributed by atoms with E-state index in [-0.39, 0.29) is 6.10 Å². The summed E-state index contributed by atoms with van der Waals surface area (Å²) < 4.78 is 0.916. The first-order valence-corrected chi connectivity index (χ1v) is 6.09. The molecule has 0 saturated heterocycles. The highest BCUT2D eigenvalue weighted by atomic mass is 79.9. The maximum Gasteiger partial charge on any atom is 0.0548 e. The van der Waals surface area contributed by atoms with E-state index in [0.29, 0.717) is 0 Å². The lowest BCUT2D eigenvalue weighted by Gasteiger charge is -2.07. The summed E-state index contributed by atoms with van der Waals surface area (Å²) in [6, 6.07) is 5.86. The zero-order valence-corrected chi connectivity index (χ0v) is 11.0. The highest BCUT2D eigenvalue weighted by Gasteiger charge is 1.99. The van der Waals surface area contributed by atoms with Gasteiger partial charge in [0.15, 0.2) is 0 Å². The van der Waals surface area contributed by atoms with Gasteiger partial charge in [-0.15, -0.1) is 0 Å². The number of nitrogens with one attached hydrogen (secondary N) is 1. The molecule has 0 fully saturated rings. The average molecular weight is 293 g/mol. The van der Waals surface area contributed by atoms with Crippen molar-refractivity contribution in [3.63, 3.8) is 0 Å². The van der Waals surface area contributed by atoms with Crippen molar-refractivity contribution in [2.45, 2.75) is 26.0 Å². The molecule has 15 heavy (non-hydrogen) atoms. The fourth-order valence-electron chi connectivity index (χ4n) is 1.19. The molecule has 0 aliphatic carbocycles. The maximum atomic E-state index is 9.07. The van der Waals surface area contributed by atoms with Crippen molar-refractivity contribution in [1.82, 2.24) is 5.32 Å². The van der Waals surface area contributed by atoms with Gasteiger partial charge in [-0.05, 0) is 53.5 Å². The van der Waals surface area contributed by atoms with Crippen LogP contribution in [0.15, 0.2) is 22.7 Å². The van der Waals surface area contributed by atoms with Crippen molar-refractivity contribution in [3.05, 3.63) is 33.3 Å². The first kappa shape index (κ1) is 13.0. The zero-order chi connectivity index (χ0) is 11.3. The fourth-order valence-corrected chi connectivity index (χ4v) is 1.74. The summed E-state index contributed by atoms with van der Waals surface area (Å²) in [4.78, 5) is 0. The van der Waals surface area contributed by atoms with Gasteiger partial charge in [-0.25, -0.2) is 0 Å². The van der Waals surface area contributed by atoms with Crippen molar-refractivity contribution in [3.8, 4) is 0 Å². The maximum absolute atomic E-state index is 9.07. The van der Waals surface area contributed by atoms with Crippen molar-refractivity contribution < 1.29 is 5.11 Å². The summed E-state index contributed by atoms with van der Waals surface area (Å²) in [6.45, 7) is 3.40. The Balaban J connectivity index is 2.35. The second-order valence-corrected chi connectivity index (χ2v) is 4.82. The molecule has 0 spiro atoms. The first-order chi connectivity index (χ1) is 7.09. The second kappa shape index (κ2) is 6.48. The Labute approximate surface area is 104 Å². The number of aliphatic hydroxyl groups excluding tert-OH is 1. The second-order valence-electron chi connectivity index (χ2n) is 3.56. The van der Waals surface area contributed by atoms with Crippen LogP contribution in [0.4, 0.5) is 0 Å². The average Bonchev–Trinajstić information content (AvgIpc) is 2.18. The zero-order valence-electron chi connectivity index (χ0n) is 8.63. The predicted octanol–water partition coefficient (Wildman–Crippen LogP) is 2.96. The van der Waals surface area contributed by atoms with Crippen LogP contribution in [0.3, 0.4) is 0 Å². The number of rotatable bonds is 5. The van der Waals surface area contributed by atoms with E-state index in [1.165, 1.54) is 5.56 Å². The number of aliphatic hydroxyl groups is 1. The van der Waals surface area contributed by atoms with Gasteiger partial charge < -0.3 is 10.4 Å². The standard InChI is InChI=1S/C11H15BrClNO/c1-8(15)4-5-14-7-9-2-3-11(13)10(12)6-9/h2-3,6,8,14-15H,4-5,7H2,1H3. The third kappa shape index (κ3) is 4.98. The van der Waals surface area contributed by atoms with E-state index in [1.54, 1.807) is 6.92 Å².